The summed E-state index contributed by atoms with van der Waals surface area (Å²) in [4.78, 5) is 4.31. The van der Waals surface area contributed by atoms with E-state index in [1.165, 1.54) is 18.4 Å². The van der Waals surface area contributed by atoms with Crippen LogP contribution in [0.25, 0.3) is 0 Å². The number of pyridine rings is 1. The molecule has 1 aliphatic carbocycles. The lowest BCUT2D eigenvalue weighted by Gasteiger charge is -2.08. The molecule has 0 radical (unpaired) electrons. The molecule has 1 aliphatic rings. The number of ether oxygens (including phenoxy) is 1. The Morgan fingerprint density at radius 3 is 2.82 bits per heavy atom. The first-order valence-corrected chi connectivity index (χ1v) is 6.52. The van der Waals surface area contributed by atoms with Crippen LogP contribution in [0, 0.1) is 11.8 Å². The van der Waals surface area contributed by atoms with Gasteiger partial charge in [-0.1, -0.05) is 19.9 Å². The molecule has 1 N–H and O–H groups in total. The van der Waals surface area contributed by atoms with Crippen LogP contribution in [0.5, 0.6) is 5.88 Å². The van der Waals surface area contributed by atoms with E-state index in [0.29, 0.717) is 5.92 Å². The fourth-order valence-electron chi connectivity index (χ4n) is 1.59. The minimum absolute atomic E-state index is 0.684. The molecule has 0 atom stereocenters. The van der Waals surface area contributed by atoms with Crippen LogP contribution in [0.15, 0.2) is 18.3 Å². The molecular weight excluding hydrogens is 212 g/mol. The molecule has 0 amide bonds. The highest BCUT2D eigenvalue weighted by atomic mass is 16.5. The largest absolute Gasteiger partial charge is 0.477 e. The van der Waals surface area contributed by atoms with Gasteiger partial charge in [0.1, 0.15) is 0 Å². The summed E-state index contributed by atoms with van der Waals surface area (Å²) in [6.07, 6.45) is 4.53. The minimum Gasteiger partial charge on any atom is -0.477 e. The van der Waals surface area contributed by atoms with Gasteiger partial charge < -0.3 is 10.1 Å². The van der Waals surface area contributed by atoms with Crippen LogP contribution in [0.3, 0.4) is 0 Å². The van der Waals surface area contributed by atoms with Crippen LogP contribution in [-0.4, -0.2) is 18.1 Å². The summed E-state index contributed by atoms with van der Waals surface area (Å²) >= 11 is 0. The van der Waals surface area contributed by atoms with Crippen molar-refractivity contribution in [1.29, 1.82) is 0 Å². The standard InChI is InChI=1S/C14H22N2O/c1-11(2)7-15-8-13-5-6-14(16-9-13)17-10-12-3-4-12/h5-6,9,11-12,15H,3-4,7-8,10H2,1-2H3. The zero-order valence-corrected chi connectivity index (χ0v) is 10.8. The van der Waals surface area contributed by atoms with Crippen LogP contribution in [0.1, 0.15) is 32.3 Å². The molecule has 1 saturated carbocycles. The Bertz CT molecular complexity index is 331. The maximum Gasteiger partial charge on any atom is 0.213 e. The molecular formula is C14H22N2O. The Balaban J connectivity index is 1.72. The van der Waals surface area contributed by atoms with Crippen LogP contribution in [-0.2, 0) is 6.54 Å². The number of rotatable bonds is 7. The summed E-state index contributed by atoms with van der Waals surface area (Å²) in [6, 6.07) is 4.05. The van der Waals surface area contributed by atoms with Gasteiger partial charge in [0.15, 0.2) is 0 Å². The van der Waals surface area contributed by atoms with Gasteiger partial charge in [0.05, 0.1) is 6.61 Å². The van der Waals surface area contributed by atoms with Gasteiger partial charge in [0.25, 0.3) is 0 Å². The van der Waals surface area contributed by atoms with Crippen molar-refractivity contribution in [3.8, 4) is 5.88 Å². The highest BCUT2D eigenvalue weighted by Gasteiger charge is 2.21. The highest BCUT2D eigenvalue weighted by molar-refractivity contribution is 5.17. The summed E-state index contributed by atoms with van der Waals surface area (Å²) < 4.78 is 5.60. The third-order valence-electron chi connectivity index (χ3n) is 2.84. The van der Waals surface area contributed by atoms with E-state index in [2.05, 4.69) is 30.2 Å². The predicted molar refractivity (Wildman–Crippen MR) is 69.0 cm³/mol. The van der Waals surface area contributed by atoms with Crippen molar-refractivity contribution in [1.82, 2.24) is 10.3 Å². The molecule has 94 valence electrons. The lowest BCUT2D eigenvalue weighted by atomic mass is 10.2. The highest BCUT2D eigenvalue weighted by Crippen LogP contribution is 2.29. The third kappa shape index (κ3) is 4.73. The average molecular weight is 234 g/mol. The van der Waals surface area contributed by atoms with E-state index in [1.54, 1.807) is 0 Å². The molecule has 1 aromatic heterocycles. The zero-order valence-electron chi connectivity index (χ0n) is 10.8. The molecule has 0 bridgehead atoms. The molecule has 3 heteroatoms. The number of nitrogens with one attached hydrogen (secondary N) is 1. The number of aromatic nitrogens is 1. The quantitative estimate of drug-likeness (QED) is 0.787. The molecule has 0 aromatic carbocycles. The summed E-state index contributed by atoms with van der Waals surface area (Å²) in [5.74, 6) is 2.22. The summed E-state index contributed by atoms with van der Waals surface area (Å²) in [7, 11) is 0. The first-order valence-electron chi connectivity index (χ1n) is 6.52. The molecule has 0 unspecified atom stereocenters. The predicted octanol–water partition coefficient (Wildman–Crippen LogP) is 2.62. The van der Waals surface area contributed by atoms with Crippen LogP contribution >= 0.6 is 0 Å². The van der Waals surface area contributed by atoms with E-state index < -0.39 is 0 Å². The molecule has 17 heavy (non-hydrogen) atoms. The second kappa shape index (κ2) is 6.01. The lowest BCUT2D eigenvalue weighted by molar-refractivity contribution is 0.288. The molecule has 1 heterocycles. The zero-order chi connectivity index (χ0) is 12.1. The SMILES string of the molecule is CC(C)CNCc1ccc(OCC2CC2)nc1. The molecule has 1 aromatic rings. The van der Waals surface area contributed by atoms with E-state index in [4.69, 9.17) is 4.74 Å². The average Bonchev–Trinajstić information content (AvgIpc) is 3.11. The first-order chi connectivity index (χ1) is 8.24. The number of hydrogen-bond donors (Lipinski definition) is 1. The summed E-state index contributed by atoms with van der Waals surface area (Å²) in [5, 5.41) is 3.40. The van der Waals surface area contributed by atoms with Gasteiger partial charge in [-0.2, -0.15) is 0 Å². The normalized spacial score (nSPS) is 15.2. The van der Waals surface area contributed by atoms with E-state index in [-0.39, 0.29) is 0 Å². The molecule has 3 nitrogen and oxygen atoms in total. The fraction of sp³-hybridized carbons (Fsp3) is 0.643. The van der Waals surface area contributed by atoms with Gasteiger partial charge in [-0.05, 0) is 36.8 Å². The topological polar surface area (TPSA) is 34.1 Å². The Morgan fingerprint density at radius 2 is 2.24 bits per heavy atom. The van der Waals surface area contributed by atoms with Crippen molar-refractivity contribution in [2.45, 2.75) is 33.2 Å². The Kier molecular flexibility index (Phi) is 4.37. The Labute approximate surface area is 104 Å². The molecule has 2 rings (SSSR count). The fourth-order valence-corrected chi connectivity index (χ4v) is 1.59. The van der Waals surface area contributed by atoms with E-state index in [0.717, 1.165) is 31.5 Å². The maximum atomic E-state index is 5.60. The van der Waals surface area contributed by atoms with Crippen LogP contribution in [0.4, 0.5) is 0 Å². The molecule has 0 spiro atoms. The third-order valence-corrected chi connectivity index (χ3v) is 2.84. The second-order valence-corrected chi connectivity index (χ2v) is 5.28. The van der Waals surface area contributed by atoms with Gasteiger partial charge in [0.2, 0.25) is 5.88 Å². The minimum atomic E-state index is 0.684. The summed E-state index contributed by atoms with van der Waals surface area (Å²) in [5.41, 5.74) is 1.21. The molecule has 0 aliphatic heterocycles. The number of hydrogen-bond acceptors (Lipinski definition) is 3. The van der Waals surface area contributed by atoms with Gasteiger partial charge >= 0.3 is 0 Å². The van der Waals surface area contributed by atoms with Gasteiger partial charge in [-0.25, -0.2) is 4.98 Å². The van der Waals surface area contributed by atoms with Crippen molar-refractivity contribution >= 4 is 0 Å². The van der Waals surface area contributed by atoms with E-state index in [1.807, 2.05) is 12.3 Å². The van der Waals surface area contributed by atoms with Crippen molar-refractivity contribution in [3.63, 3.8) is 0 Å². The lowest BCUT2D eigenvalue weighted by Crippen LogP contribution is -2.19. The van der Waals surface area contributed by atoms with E-state index >= 15 is 0 Å². The van der Waals surface area contributed by atoms with Crippen molar-refractivity contribution in [2.24, 2.45) is 11.8 Å². The smallest absolute Gasteiger partial charge is 0.213 e. The molecule has 1 fully saturated rings. The van der Waals surface area contributed by atoms with Gasteiger partial charge in [0, 0.05) is 18.8 Å². The van der Waals surface area contributed by atoms with E-state index in [9.17, 15) is 0 Å². The van der Waals surface area contributed by atoms with Gasteiger partial charge in [-0.3, -0.25) is 0 Å². The molecule has 0 saturated heterocycles. The van der Waals surface area contributed by atoms with Crippen LogP contribution < -0.4 is 10.1 Å². The Hall–Kier alpha value is -1.09. The number of nitrogens with zero attached hydrogens (tertiary/aromatic N) is 1. The van der Waals surface area contributed by atoms with Crippen molar-refractivity contribution in [2.75, 3.05) is 13.2 Å². The summed E-state index contributed by atoms with van der Waals surface area (Å²) in [6.45, 7) is 7.17. The Morgan fingerprint density at radius 1 is 1.41 bits per heavy atom. The van der Waals surface area contributed by atoms with Gasteiger partial charge in [-0.15, -0.1) is 0 Å². The maximum absolute atomic E-state index is 5.60. The monoisotopic (exact) mass is 234 g/mol. The van der Waals surface area contributed by atoms with Crippen LogP contribution in [0.2, 0.25) is 0 Å². The second-order valence-electron chi connectivity index (χ2n) is 5.28. The van der Waals surface area contributed by atoms with Crippen molar-refractivity contribution in [3.05, 3.63) is 23.9 Å². The first kappa shape index (κ1) is 12.4. The van der Waals surface area contributed by atoms with Crippen molar-refractivity contribution < 1.29 is 4.74 Å².